The molecule has 4 atom stereocenters. The number of nitrogens with zero attached hydrogens (tertiary/aromatic N) is 2. The van der Waals surface area contributed by atoms with Gasteiger partial charge in [0.05, 0.1) is 12.6 Å². The monoisotopic (exact) mass is 477 g/mol. The summed E-state index contributed by atoms with van der Waals surface area (Å²) < 4.78 is 46.3. The summed E-state index contributed by atoms with van der Waals surface area (Å²) in [7, 11) is 1.46. The van der Waals surface area contributed by atoms with Crippen molar-refractivity contribution < 1.29 is 37.3 Å². The molecule has 2 aliphatic heterocycles. The molecule has 34 heavy (non-hydrogen) atoms. The van der Waals surface area contributed by atoms with Crippen LogP contribution in [0.15, 0.2) is 42.7 Å². The summed E-state index contributed by atoms with van der Waals surface area (Å²) in [5.41, 5.74) is 1.41. The van der Waals surface area contributed by atoms with Crippen LogP contribution in [0.1, 0.15) is 31.0 Å². The highest BCUT2D eigenvalue weighted by Crippen LogP contribution is 2.42. The zero-order valence-corrected chi connectivity index (χ0v) is 18.9. The zero-order valence-electron chi connectivity index (χ0n) is 18.9. The fourth-order valence-corrected chi connectivity index (χ4v) is 4.25. The number of amides is 2. The minimum atomic E-state index is -3.73. The highest BCUT2D eigenvalue weighted by Gasteiger charge is 2.56. The minimum absolute atomic E-state index is 0.0879. The van der Waals surface area contributed by atoms with Gasteiger partial charge in [0, 0.05) is 25.4 Å². The average Bonchev–Trinajstić information content (AvgIpc) is 3.10. The number of esters is 1. The highest BCUT2D eigenvalue weighted by molar-refractivity contribution is 5.86. The number of alkyl halides is 2. The quantitative estimate of drug-likeness (QED) is 0.611. The predicted octanol–water partition coefficient (Wildman–Crippen LogP) is 3.25. The second-order valence-corrected chi connectivity index (χ2v) is 8.00. The maximum atomic E-state index is 13.3. The number of hydrogen-bond donors (Lipinski definition) is 1. The molecule has 182 valence electrons. The molecular formula is C23H25F2N3O6. The molecule has 1 fully saturated rings. The second-order valence-electron chi connectivity index (χ2n) is 8.00. The Morgan fingerprint density at radius 1 is 1.26 bits per heavy atom. The van der Waals surface area contributed by atoms with Gasteiger partial charge in [-0.3, -0.25) is 9.88 Å². The number of carbonyl (C=O) groups excluding carboxylic acids is 2. The van der Waals surface area contributed by atoms with Crippen LogP contribution in [-0.4, -0.2) is 54.2 Å². The smallest absolute Gasteiger partial charge is 0.464 e. The maximum Gasteiger partial charge on any atom is 0.586 e. The lowest BCUT2D eigenvalue weighted by molar-refractivity contribution is -0.286. The van der Waals surface area contributed by atoms with E-state index in [4.69, 9.17) is 9.47 Å². The van der Waals surface area contributed by atoms with E-state index < -0.39 is 36.6 Å². The standard InChI is InChI=1S/C23H25F2N3O6/c1-4-32-21(29)19-16(10-14-6-5-9-26-12-14)20(31-3)28(19)22(30)27-13(2)15-7-8-17-18(11-15)34-23(24,25)33-17/h5-9,11-13,16,19-20H,4,10H2,1-3H3,(H,27,30)/t13?,16-,19?,20?/m1/s1. The van der Waals surface area contributed by atoms with Crippen molar-refractivity contribution >= 4 is 12.0 Å². The SMILES string of the molecule is CCOC(=O)C1[C@@H](Cc2cccnc2)C(OC)N1C(=O)NC(C)c1ccc2c(c1)OC(F)(F)O2. The number of nitrogens with one attached hydrogen (secondary N) is 1. The number of fused-ring (bicyclic) bond motifs is 1. The van der Waals surface area contributed by atoms with Gasteiger partial charge in [-0.15, -0.1) is 8.78 Å². The molecule has 4 rings (SSSR count). The van der Waals surface area contributed by atoms with E-state index in [-0.39, 0.29) is 24.0 Å². The Bertz CT molecular complexity index is 1050. The number of rotatable bonds is 7. The minimum Gasteiger partial charge on any atom is -0.464 e. The van der Waals surface area contributed by atoms with Crippen LogP contribution < -0.4 is 14.8 Å². The molecule has 2 amide bonds. The number of hydrogen-bond acceptors (Lipinski definition) is 7. The van der Waals surface area contributed by atoms with Gasteiger partial charge in [0.25, 0.3) is 0 Å². The molecule has 3 unspecified atom stereocenters. The first kappa shape index (κ1) is 23.7. The number of methoxy groups -OCH3 is 1. The molecule has 9 nitrogen and oxygen atoms in total. The molecule has 2 aromatic rings. The van der Waals surface area contributed by atoms with Crippen molar-refractivity contribution in [2.75, 3.05) is 13.7 Å². The number of likely N-dealkylation sites (tertiary alicyclic amines) is 1. The summed E-state index contributed by atoms with van der Waals surface area (Å²) in [6, 6.07) is 5.95. The van der Waals surface area contributed by atoms with Gasteiger partial charge in [-0.2, -0.15) is 0 Å². The fourth-order valence-electron chi connectivity index (χ4n) is 4.25. The van der Waals surface area contributed by atoms with Crippen molar-refractivity contribution in [1.29, 1.82) is 0 Å². The van der Waals surface area contributed by atoms with E-state index in [1.807, 2.05) is 6.07 Å². The Labute approximate surface area is 194 Å². The second kappa shape index (κ2) is 9.41. The number of pyridine rings is 1. The molecular weight excluding hydrogens is 452 g/mol. The van der Waals surface area contributed by atoms with Gasteiger partial charge in [-0.25, -0.2) is 9.59 Å². The Morgan fingerprint density at radius 3 is 2.71 bits per heavy atom. The van der Waals surface area contributed by atoms with Crippen LogP contribution in [0.4, 0.5) is 13.6 Å². The van der Waals surface area contributed by atoms with Crippen LogP contribution in [0, 0.1) is 5.92 Å². The molecule has 1 N–H and O–H groups in total. The van der Waals surface area contributed by atoms with E-state index in [0.29, 0.717) is 12.0 Å². The number of halogens is 2. The molecule has 11 heteroatoms. The first-order valence-electron chi connectivity index (χ1n) is 10.8. The van der Waals surface area contributed by atoms with Crippen LogP contribution >= 0.6 is 0 Å². The molecule has 0 bridgehead atoms. The molecule has 0 spiro atoms. The van der Waals surface area contributed by atoms with E-state index in [1.165, 1.54) is 24.1 Å². The van der Waals surface area contributed by atoms with E-state index in [9.17, 15) is 18.4 Å². The summed E-state index contributed by atoms with van der Waals surface area (Å²) in [6.07, 6.45) is -0.585. The Morgan fingerprint density at radius 2 is 2.03 bits per heavy atom. The van der Waals surface area contributed by atoms with Crippen LogP contribution in [-0.2, 0) is 20.7 Å². The van der Waals surface area contributed by atoms with Crippen molar-refractivity contribution in [1.82, 2.24) is 15.2 Å². The van der Waals surface area contributed by atoms with Crippen molar-refractivity contribution in [2.45, 2.75) is 44.9 Å². The molecule has 1 aromatic carbocycles. The Hall–Kier alpha value is -3.47. The van der Waals surface area contributed by atoms with E-state index >= 15 is 0 Å². The third kappa shape index (κ3) is 4.60. The summed E-state index contributed by atoms with van der Waals surface area (Å²) in [4.78, 5) is 31.3. The van der Waals surface area contributed by atoms with Crippen LogP contribution in [0.5, 0.6) is 11.5 Å². The predicted molar refractivity (Wildman–Crippen MR) is 114 cm³/mol. The number of carbonyl (C=O) groups is 2. The first-order chi connectivity index (χ1) is 16.2. The van der Waals surface area contributed by atoms with E-state index in [1.54, 1.807) is 38.4 Å². The molecule has 0 aliphatic carbocycles. The van der Waals surface area contributed by atoms with Crippen LogP contribution in [0.2, 0.25) is 0 Å². The normalized spacial score (nSPS) is 23.1. The fraction of sp³-hybridized carbons (Fsp3) is 0.435. The van der Waals surface area contributed by atoms with Gasteiger partial charge in [0.2, 0.25) is 0 Å². The molecule has 1 aromatic heterocycles. The van der Waals surface area contributed by atoms with Crippen molar-refractivity contribution in [3.8, 4) is 11.5 Å². The van der Waals surface area contributed by atoms with Crippen molar-refractivity contribution in [3.05, 3.63) is 53.9 Å². The molecule has 0 radical (unpaired) electrons. The largest absolute Gasteiger partial charge is 0.586 e. The zero-order chi connectivity index (χ0) is 24.5. The number of urea groups is 1. The number of benzene rings is 1. The molecule has 3 heterocycles. The first-order valence-corrected chi connectivity index (χ1v) is 10.8. The van der Waals surface area contributed by atoms with Gasteiger partial charge >= 0.3 is 18.3 Å². The Balaban J connectivity index is 1.50. The number of ether oxygens (including phenoxy) is 4. The van der Waals surface area contributed by atoms with Crippen molar-refractivity contribution in [2.24, 2.45) is 5.92 Å². The molecule has 2 aliphatic rings. The number of aromatic nitrogens is 1. The van der Waals surface area contributed by atoms with E-state index in [2.05, 4.69) is 19.8 Å². The van der Waals surface area contributed by atoms with Crippen LogP contribution in [0.25, 0.3) is 0 Å². The average molecular weight is 477 g/mol. The van der Waals surface area contributed by atoms with Gasteiger partial charge in [-0.05, 0) is 49.6 Å². The van der Waals surface area contributed by atoms with Gasteiger partial charge < -0.3 is 24.3 Å². The third-order valence-electron chi connectivity index (χ3n) is 5.81. The molecule has 1 saturated heterocycles. The van der Waals surface area contributed by atoms with Gasteiger partial charge in [-0.1, -0.05) is 12.1 Å². The lowest BCUT2D eigenvalue weighted by atomic mass is 9.81. The van der Waals surface area contributed by atoms with Gasteiger partial charge in [0.1, 0.15) is 12.3 Å². The summed E-state index contributed by atoms with van der Waals surface area (Å²) in [5, 5.41) is 2.79. The third-order valence-corrected chi connectivity index (χ3v) is 5.81. The molecule has 0 saturated carbocycles. The van der Waals surface area contributed by atoms with Crippen LogP contribution in [0.3, 0.4) is 0 Å². The highest BCUT2D eigenvalue weighted by atomic mass is 19.3. The summed E-state index contributed by atoms with van der Waals surface area (Å²) in [5.74, 6) is -1.07. The lowest BCUT2D eigenvalue weighted by Gasteiger charge is -2.52. The summed E-state index contributed by atoms with van der Waals surface area (Å²) in [6.45, 7) is 3.54. The van der Waals surface area contributed by atoms with Crippen molar-refractivity contribution in [3.63, 3.8) is 0 Å². The van der Waals surface area contributed by atoms with E-state index in [0.717, 1.165) is 5.56 Å². The van der Waals surface area contributed by atoms with Gasteiger partial charge in [0.15, 0.2) is 11.5 Å². The topological polar surface area (TPSA) is 99.2 Å². The lowest BCUT2D eigenvalue weighted by Crippen LogP contribution is -2.71. The maximum absolute atomic E-state index is 13.3. The Kier molecular flexibility index (Phi) is 6.56. The summed E-state index contributed by atoms with van der Waals surface area (Å²) >= 11 is 0.